The van der Waals surface area contributed by atoms with E-state index >= 15 is 0 Å². The molecule has 0 bridgehead atoms. The number of nitrogens with zero attached hydrogens (tertiary/aromatic N) is 3. The number of rotatable bonds is 7. The number of anilines is 1. The van der Waals surface area contributed by atoms with Crippen LogP contribution in [-0.4, -0.2) is 50.8 Å². The maximum Gasteiger partial charge on any atom is 0.190 e. The minimum Gasteiger partial charge on any atom is -0.493 e. The van der Waals surface area contributed by atoms with E-state index in [2.05, 4.69) is 44.1 Å². The van der Waals surface area contributed by atoms with E-state index in [4.69, 9.17) is 9.72 Å². The van der Waals surface area contributed by atoms with Gasteiger partial charge in [0.25, 0.3) is 0 Å². The molecule has 0 amide bonds. The zero-order chi connectivity index (χ0) is 19.2. The van der Waals surface area contributed by atoms with Crippen molar-refractivity contribution in [3.8, 4) is 5.75 Å². The zero-order valence-corrected chi connectivity index (χ0v) is 17.4. The molecule has 3 heterocycles. The first-order chi connectivity index (χ1) is 13.8. The van der Waals surface area contributed by atoms with E-state index in [-0.39, 0.29) is 0 Å². The molecule has 2 aliphatic rings. The Balaban J connectivity index is 1.18. The molecule has 150 valence electrons. The van der Waals surface area contributed by atoms with Crippen molar-refractivity contribution in [3.05, 3.63) is 40.4 Å². The van der Waals surface area contributed by atoms with Crippen molar-refractivity contribution in [3.63, 3.8) is 0 Å². The monoisotopic (exact) mass is 399 g/mol. The van der Waals surface area contributed by atoms with Crippen molar-refractivity contribution in [2.75, 3.05) is 44.7 Å². The summed E-state index contributed by atoms with van der Waals surface area (Å²) in [5.41, 5.74) is 3.83. The molecule has 2 aromatic rings. The van der Waals surface area contributed by atoms with Gasteiger partial charge in [-0.15, -0.1) is 11.3 Å². The molecule has 4 rings (SSSR count). The van der Waals surface area contributed by atoms with E-state index in [1.54, 1.807) is 11.3 Å². The van der Waals surface area contributed by atoms with Crippen molar-refractivity contribution >= 4 is 22.4 Å². The first-order valence-electron chi connectivity index (χ1n) is 10.2. The van der Waals surface area contributed by atoms with E-state index in [1.807, 2.05) is 7.05 Å². The molecule has 1 saturated heterocycles. The van der Waals surface area contributed by atoms with Crippen LogP contribution in [0.5, 0.6) is 5.75 Å². The van der Waals surface area contributed by atoms with Crippen LogP contribution in [0.3, 0.4) is 0 Å². The highest BCUT2D eigenvalue weighted by atomic mass is 32.1. The van der Waals surface area contributed by atoms with Gasteiger partial charge in [0.2, 0.25) is 0 Å². The quantitative estimate of drug-likeness (QED) is 0.554. The highest BCUT2D eigenvalue weighted by Crippen LogP contribution is 2.26. The topological polar surface area (TPSA) is 61.8 Å². The summed E-state index contributed by atoms with van der Waals surface area (Å²) >= 11 is 1.76. The van der Waals surface area contributed by atoms with Gasteiger partial charge in [0.1, 0.15) is 5.75 Å². The lowest BCUT2D eigenvalue weighted by molar-refractivity contribution is 0.357. The average molecular weight is 400 g/mol. The highest BCUT2D eigenvalue weighted by Gasteiger charge is 2.15. The van der Waals surface area contributed by atoms with Gasteiger partial charge in [-0.3, -0.25) is 4.99 Å². The summed E-state index contributed by atoms with van der Waals surface area (Å²) in [6.45, 7) is 4.80. The Bertz CT molecular complexity index is 813. The molecule has 0 atom stereocenters. The smallest absolute Gasteiger partial charge is 0.190 e. The third-order valence-electron chi connectivity index (χ3n) is 5.27. The Kier molecular flexibility index (Phi) is 6.31. The molecule has 1 aromatic carbocycles. The summed E-state index contributed by atoms with van der Waals surface area (Å²) < 4.78 is 5.57. The highest BCUT2D eigenvalue weighted by molar-refractivity contribution is 7.13. The maximum atomic E-state index is 5.57. The second kappa shape index (κ2) is 9.28. The van der Waals surface area contributed by atoms with Crippen LogP contribution in [-0.2, 0) is 19.3 Å². The molecule has 0 radical (unpaired) electrons. The van der Waals surface area contributed by atoms with Crippen molar-refractivity contribution in [2.24, 2.45) is 4.99 Å². The average Bonchev–Trinajstić information content (AvgIpc) is 3.47. The summed E-state index contributed by atoms with van der Waals surface area (Å²) in [5, 5.41) is 10.2. The van der Waals surface area contributed by atoms with E-state index in [0.717, 1.165) is 69.5 Å². The van der Waals surface area contributed by atoms with Crippen LogP contribution in [0.1, 0.15) is 29.7 Å². The first-order valence-corrected chi connectivity index (χ1v) is 11.1. The van der Waals surface area contributed by atoms with Crippen LogP contribution in [0.4, 0.5) is 5.13 Å². The standard InChI is InChI=1S/C21H29N5OS/c1-22-20(23-9-6-16-4-5-19-17(14-16)8-13-27-19)24-10-7-18-15-28-21(25-18)26-11-2-3-12-26/h4-5,14-15H,2-3,6-13H2,1H3,(H2,22,23,24). The number of guanidine groups is 1. The lowest BCUT2D eigenvalue weighted by atomic mass is 10.1. The zero-order valence-electron chi connectivity index (χ0n) is 16.5. The minimum atomic E-state index is 0.812. The van der Waals surface area contributed by atoms with Crippen LogP contribution in [0.15, 0.2) is 28.6 Å². The second-order valence-electron chi connectivity index (χ2n) is 7.28. The molecule has 2 aliphatic heterocycles. The predicted octanol–water partition coefficient (Wildman–Crippen LogP) is 2.63. The van der Waals surface area contributed by atoms with Gasteiger partial charge in [-0.25, -0.2) is 4.98 Å². The first kappa shape index (κ1) is 19.1. The summed E-state index contributed by atoms with van der Waals surface area (Å²) in [6.07, 6.45) is 5.49. The summed E-state index contributed by atoms with van der Waals surface area (Å²) in [5.74, 6) is 1.89. The SMILES string of the molecule is CN=C(NCCc1ccc2c(c1)CCO2)NCCc1csc(N2CCCC2)n1. The number of hydrogen-bond donors (Lipinski definition) is 2. The fourth-order valence-corrected chi connectivity index (χ4v) is 4.63. The molecule has 7 heteroatoms. The lowest BCUT2D eigenvalue weighted by Crippen LogP contribution is -2.39. The van der Waals surface area contributed by atoms with Crippen LogP contribution in [0, 0.1) is 0 Å². The molecular formula is C21H29N5OS. The Morgan fingerprint density at radius 2 is 2.04 bits per heavy atom. The van der Waals surface area contributed by atoms with Crippen LogP contribution in [0.25, 0.3) is 0 Å². The van der Waals surface area contributed by atoms with Crippen LogP contribution in [0.2, 0.25) is 0 Å². The van der Waals surface area contributed by atoms with Crippen LogP contribution < -0.4 is 20.3 Å². The van der Waals surface area contributed by atoms with Gasteiger partial charge in [0.15, 0.2) is 11.1 Å². The van der Waals surface area contributed by atoms with Gasteiger partial charge in [-0.05, 0) is 36.5 Å². The summed E-state index contributed by atoms with van der Waals surface area (Å²) in [7, 11) is 1.82. The second-order valence-corrected chi connectivity index (χ2v) is 8.12. The summed E-state index contributed by atoms with van der Waals surface area (Å²) in [4.78, 5) is 11.5. The number of hydrogen-bond acceptors (Lipinski definition) is 5. The van der Waals surface area contributed by atoms with Gasteiger partial charge >= 0.3 is 0 Å². The number of thiazole rings is 1. The largest absolute Gasteiger partial charge is 0.493 e. The van der Waals surface area contributed by atoms with Crippen molar-refractivity contribution in [1.29, 1.82) is 0 Å². The third kappa shape index (κ3) is 4.76. The Morgan fingerprint density at radius 1 is 1.21 bits per heavy atom. The maximum absolute atomic E-state index is 5.57. The van der Waals surface area contributed by atoms with E-state index in [1.165, 1.54) is 29.1 Å². The summed E-state index contributed by atoms with van der Waals surface area (Å²) in [6, 6.07) is 6.51. The van der Waals surface area contributed by atoms with Gasteiger partial charge in [-0.2, -0.15) is 0 Å². The minimum absolute atomic E-state index is 0.812. The molecule has 0 unspecified atom stereocenters. The number of fused-ring (bicyclic) bond motifs is 1. The van der Waals surface area contributed by atoms with Gasteiger partial charge < -0.3 is 20.3 Å². The Morgan fingerprint density at radius 3 is 2.86 bits per heavy atom. The predicted molar refractivity (Wildman–Crippen MR) is 116 cm³/mol. The van der Waals surface area contributed by atoms with E-state index < -0.39 is 0 Å². The van der Waals surface area contributed by atoms with Crippen molar-refractivity contribution in [2.45, 2.75) is 32.1 Å². The molecule has 28 heavy (non-hydrogen) atoms. The number of benzene rings is 1. The van der Waals surface area contributed by atoms with Gasteiger partial charge in [0.05, 0.1) is 12.3 Å². The fraction of sp³-hybridized carbons (Fsp3) is 0.524. The van der Waals surface area contributed by atoms with Crippen molar-refractivity contribution in [1.82, 2.24) is 15.6 Å². The molecule has 0 spiro atoms. The van der Waals surface area contributed by atoms with Gasteiger partial charge in [0, 0.05) is 51.4 Å². The van der Waals surface area contributed by atoms with Crippen molar-refractivity contribution < 1.29 is 4.74 Å². The molecule has 2 N–H and O–H groups in total. The lowest BCUT2D eigenvalue weighted by Gasteiger charge is -2.13. The molecular weight excluding hydrogens is 370 g/mol. The number of nitrogens with one attached hydrogen (secondary N) is 2. The molecule has 1 aromatic heterocycles. The number of aliphatic imine (C=N–C) groups is 1. The number of aromatic nitrogens is 1. The fourth-order valence-electron chi connectivity index (χ4n) is 3.72. The van der Waals surface area contributed by atoms with Gasteiger partial charge in [-0.1, -0.05) is 12.1 Å². The molecule has 1 fully saturated rings. The number of ether oxygens (including phenoxy) is 1. The Hall–Kier alpha value is -2.28. The van der Waals surface area contributed by atoms with E-state index in [9.17, 15) is 0 Å². The normalized spacial score (nSPS) is 16.2. The Labute approximate surface area is 171 Å². The van der Waals surface area contributed by atoms with Crippen LogP contribution >= 0.6 is 11.3 Å². The molecule has 0 saturated carbocycles. The molecule has 0 aliphatic carbocycles. The van der Waals surface area contributed by atoms with E-state index in [0.29, 0.717) is 0 Å². The third-order valence-corrected chi connectivity index (χ3v) is 6.22. The molecule has 6 nitrogen and oxygen atoms in total.